The van der Waals surface area contributed by atoms with Crippen molar-refractivity contribution in [3.63, 3.8) is 0 Å². The van der Waals surface area contributed by atoms with E-state index in [0.717, 1.165) is 33.7 Å². The molecule has 0 aliphatic carbocycles. The summed E-state index contributed by atoms with van der Waals surface area (Å²) in [4.78, 5) is 0. The van der Waals surface area contributed by atoms with Gasteiger partial charge in [-0.3, -0.25) is 0 Å². The van der Waals surface area contributed by atoms with Gasteiger partial charge in [0.05, 0.1) is 11.2 Å². The van der Waals surface area contributed by atoms with Crippen LogP contribution in [-0.2, 0) is 9.31 Å². The van der Waals surface area contributed by atoms with Gasteiger partial charge < -0.3 is 18.8 Å². The Labute approximate surface area is 155 Å². The molecule has 2 aliphatic rings. The maximum absolute atomic E-state index is 6.25. The Hall–Kier alpha value is -1.98. The van der Waals surface area contributed by atoms with Crippen LogP contribution in [0.5, 0.6) is 11.5 Å². The van der Waals surface area contributed by atoms with Crippen molar-refractivity contribution in [1.29, 1.82) is 0 Å². The third-order valence-electron chi connectivity index (χ3n) is 5.74. The van der Waals surface area contributed by atoms with E-state index in [2.05, 4.69) is 58.9 Å². The lowest BCUT2D eigenvalue weighted by Gasteiger charge is -2.32. The fraction of sp³-hybridized carbons (Fsp3) is 0.429. The van der Waals surface area contributed by atoms with E-state index in [-0.39, 0.29) is 18.3 Å². The molecule has 136 valence electrons. The molecule has 26 heavy (non-hydrogen) atoms. The Morgan fingerprint density at radius 3 is 2.19 bits per heavy atom. The van der Waals surface area contributed by atoms with Gasteiger partial charge in [-0.05, 0) is 68.9 Å². The predicted molar refractivity (Wildman–Crippen MR) is 103 cm³/mol. The largest absolute Gasteiger partial charge is 0.495 e. The molecular weight excluding hydrogens is 327 g/mol. The SMILES string of the molecule is Cc1c(B2OC(C)(C)C(C)(C)O2)cccc1-c1ccc2c(c1)OCCO2. The third-order valence-corrected chi connectivity index (χ3v) is 5.74. The molecule has 5 heteroatoms. The molecule has 0 amide bonds. The highest BCUT2D eigenvalue weighted by atomic mass is 16.7. The normalized spacial score (nSPS) is 20.3. The van der Waals surface area contributed by atoms with Crippen molar-refractivity contribution in [2.24, 2.45) is 0 Å². The summed E-state index contributed by atoms with van der Waals surface area (Å²) in [5, 5.41) is 0. The highest BCUT2D eigenvalue weighted by molar-refractivity contribution is 6.62. The Morgan fingerprint density at radius 1 is 0.846 bits per heavy atom. The highest BCUT2D eigenvalue weighted by Crippen LogP contribution is 2.38. The van der Waals surface area contributed by atoms with Gasteiger partial charge in [0.15, 0.2) is 11.5 Å². The molecular formula is C21H25BO4. The molecule has 0 aromatic heterocycles. The quantitative estimate of drug-likeness (QED) is 0.772. The second-order valence-corrected chi connectivity index (χ2v) is 7.97. The molecule has 0 radical (unpaired) electrons. The van der Waals surface area contributed by atoms with Crippen LogP contribution in [0.3, 0.4) is 0 Å². The predicted octanol–water partition coefficient (Wildman–Crippen LogP) is 3.73. The first-order valence-corrected chi connectivity index (χ1v) is 9.14. The van der Waals surface area contributed by atoms with Crippen LogP contribution in [0.1, 0.15) is 33.3 Å². The van der Waals surface area contributed by atoms with Gasteiger partial charge >= 0.3 is 7.12 Å². The van der Waals surface area contributed by atoms with Crippen LogP contribution < -0.4 is 14.9 Å². The number of benzene rings is 2. The van der Waals surface area contributed by atoms with Gasteiger partial charge in [-0.25, -0.2) is 0 Å². The summed E-state index contributed by atoms with van der Waals surface area (Å²) < 4.78 is 23.9. The van der Waals surface area contributed by atoms with Crippen molar-refractivity contribution in [2.45, 2.75) is 45.8 Å². The van der Waals surface area contributed by atoms with Crippen LogP contribution in [0.25, 0.3) is 11.1 Å². The molecule has 4 nitrogen and oxygen atoms in total. The van der Waals surface area contributed by atoms with E-state index in [1.54, 1.807) is 0 Å². The van der Waals surface area contributed by atoms with Crippen LogP contribution in [-0.4, -0.2) is 31.5 Å². The van der Waals surface area contributed by atoms with Gasteiger partial charge in [-0.1, -0.05) is 24.3 Å². The van der Waals surface area contributed by atoms with E-state index in [9.17, 15) is 0 Å². The summed E-state index contributed by atoms with van der Waals surface area (Å²) in [6.07, 6.45) is 0. The molecule has 2 aromatic carbocycles. The monoisotopic (exact) mass is 352 g/mol. The molecule has 2 heterocycles. The molecule has 0 unspecified atom stereocenters. The maximum atomic E-state index is 6.25. The van der Waals surface area contributed by atoms with Gasteiger partial charge in [0.1, 0.15) is 13.2 Å². The molecule has 0 bridgehead atoms. The van der Waals surface area contributed by atoms with Crippen molar-refractivity contribution < 1.29 is 18.8 Å². The summed E-state index contributed by atoms with van der Waals surface area (Å²) in [6, 6.07) is 12.4. The van der Waals surface area contributed by atoms with Crippen LogP contribution in [0.4, 0.5) is 0 Å². The smallest absolute Gasteiger partial charge is 0.486 e. The molecule has 2 aromatic rings. The van der Waals surface area contributed by atoms with Crippen molar-refractivity contribution in [1.82, 2.24) is 0 Å². The van der Waals surface area contributed by atoms with Crippen molar-refractivity contribution >= 4 is 12.6 Å². The Bertz CT molecular complexity index is 828. The van der Waals surface area contributed by atoms with Crippen molar-refractivity contribution in [2.75, 3.05) is 13.2 Å². The van der Waals surface area contributed by atoms with E-state index in [0.29, 0.717) is 13.2 Å². The Morgan fingerprint density at radius 2 is 1.50 bits per heavy atom. The van der Waals surface area contributed by atoms with Gasteiger partial charge in [0, 0.05) is 0 Å². The lowest BCUT2D eigenvalue weighted by Crippen LogP contribution is -2.41. The molecule has 2 aliphatic heterocycles. The minimum atomic E-state index is -0.364. The second kappa shape index (κ2) is 6.03. The summed E-state index contributed by atoms with van der Waals surface area (Å²) in [5.74, 6) is 1.61. The van der Waals surface area contributed by atoms with Crippen molar-refractivity contribution in [3.05, 3.63) is 42.0 Å². The first kappa shape index (κ1) is 17.4. The standard InChI is InChI=1S/C21H25BO4/c1-14-16(15-9-10-18-19(13-15)24-12-11-23-18)7-6-8-17(14)22-25-20(2,3)21(4,5)26-22/h6-10,13H,11-12H2,1-5H3. The maximum Gasteiger partial charge on any atom is 0.495 e. The zero-order valence-electron chi connectivity index (χ0n) is 16.1. The minimum absolute atomic E-state index is 0.350. The third kappa shape index (κ3) is 2.79. The zero-order chi connectivity index (χ0) is 18.5. The molecule has 0 saturated carbocycles. The number of hydrogen-bond acceptors (Lipinski definition) is 4. The molecule has 0 atom stereocenters. The molecule has 1 fully saturated rings. The fourth-order valence-corrected chi connectivity index (χ4v) is 3.40. The van der Waals surface area contributed by atoms with Crippen LogP contribution in [0.2, 0.25) is 0 Å². The van der Waals surface area contributed by atoms with Gasteiger partial charge in [0.2, 0.25) is 0 Å². The molecule has 0 N–H and O–H groups in total. The zero-order valence-corrected chi connectivity index (χ0v) is 16.1. The molecule has 4 rings (SSSR count). The number of rotatable bonds is 2. The average Bonchev–Trinajstić information content (AvgIpc) is 2.82. The first-order valence-electron chi connectivity index (χ1n) is 9.14. The summed E-state index contributed by atoms with van der Waals surface area (Å²) in [5.41, 5.74) is 3.77. The number of ether oxygens (including phenoxy) is 2. The number of hydrogen-bond donors (Lipinski definition) is 0. The topological polar surface area (TPSA) is 36.9 Å². The lowest BCUT2D eigenvalue weighted by atomic mass is 9.74. The van der Waals surface area contributed by atoms with E-state index in [1.165, 1.54) is 0 Å². The summed E-state index contributed by atoms with van der Waals surface area (Å²) in [7, 11) is -0.364. The van der Waals surface area contributed by atoms with E-state index >= 15 is 0 Å². The van der Waals surface area contributed by atoms with Gasteiger partial charge in [-0.2, -0.15) is 0 Å². The lowest BCUT2D eigenvalue weighted by molar-refractivity contribution is 0.00578. The van der Waals surface area contributed by atoms with Crippen LogP contribution >= 0.6 is 0 Å². The van der Waals surface area contributed by atoms with Gasteiger partial charge in [-0.15, -0.1) is 0 Å². The molecule has 1 saturated heterocycles. The first-order chi connectivity index (χ1) is 12.3. The summed E-state index contributed by atoms with van der Waals surface area (Å²) in [6.45, 7) is 11.6. The Kier molecular flexibility index (Phi) is 4.05. The van der Waals surface area contributed by atoms with Crippen LogP contribution in [0.15, 0.2) is 36.4 Å². The average molecular weight is 352 g/mol. The van der Waals surface area contributed by atoms with Crippen LogP contribution in [0, 0.1) is 6.92 Å². The Balaban J connectivity index is 1.71. The molecule has 0 spiro atoms. The van der Waals surface area contributed by atoms with Gasteiger partial charge in [0.25, 0.3) is 0 Å². The number of fused-ring (bicyclic) bond motifs is 1. The minimum Gasteiger partial charge on any atom is -0.486 e. The van der Waals surface area contributed by atoms with E-state index in [4.69, 9.17) is 18.8 Å². The highest BCUT2D eigenvalue weighted by Gasteiger charge is 2.52. The van der Waals surface area contributed by atoms with Crippen molar-refractivity contribution in [3.8, 4) is 22.6 Å². The van der Waals surface area contributed by atoms with E-state index in [1.807, 2.05) is 12.1 Å². The second-order valence-electron chi connectivity index (χ2n) is 7.97. The fourth-order valence-electron chi connectivity index (χ4n) is 3.40. The summed E-state index contributed by atoms with van der Waals surface area (Å²) >= 11 is 0. The van der Waals surface area contributed by atoms with E-state index < -0.39 is 0 Å².